The summed E-state index contributed by atoms with van der Waals surface area (Å²) in [6, 6.07) is 2.20. The SMILES string of the molecule is N=C(N)c1ccncc1N(CCO)C1CCC1. The lowest BCUT2D eigenvalue weighted by Gasteiger charge is -2.39. The van der Waals surface area contributed by atoms with Gasteiger partial charge < -0.3 is 15.7 Å². The van der Waals surface area contributed by atoms with Crippen molar-refractivity contribution in [3.05, 3.63) is 24.0 Å². The minimum Gasteiger partial charge on any atom is -0.395 e. The zero-order chi connectivity index (χ0) is 12.3. The molecule has 5 heteroatoms. The Labute approximate surface area is 101 Å². The summed E-state index contributed by atoms with van der Waals surface area (Å²) in [5.41, 5.74) is 7.13. The van der Waals surface area contributed by atoms with Crippen LogP contribution in [0.4, 0.5) is 5.69 Å². The van der Waals surface area contributed by atoms with Gasteiger partial charge >= 0.3 is 0 Å². The summed E-state index contributed by atoms with van der Waals surface area (Å²) in [6.45, 7) is 0.666. The number of hydrogen-bond acceptors (Lipinski definition) is 4. The topological polar surface area (TPSA) is 86.2 Å². The Morgan fingerprint density at radius 1 is 1.59 bits per heavy atom. The monoisotopic (exact) mass is 234 g/mol. The highest BCUT2D eigenvalue weighted by atomic mass is 16.3. The molecule has 1 heterocycles. The molecule has 1 fully saturated rings. The first-order valence-electron chi connectivity index (χ1n) is 5.90. The second-order valence-corrected chi connectivity index (χ2v) is 4.31. The normalized spacial score (nSPS) is 15.4. The van der Waals surface area contributed by atoms with Crippen LogP contribution >= 0.6 is 0 Å². The molecule has 5 nitrogen and oxygen atoms in total. The molecule has 4 N–H and O–H groups in total. The lowest BCUT2D eigenvalue weighted by molar-refractivity contribution is 0.283. The zero-order valence-corrected chi connectivity index (χ0v) is 9.76. The quantitative estimate of drug-likeness (QED) is 0.517. The number of pyridine rings is 1. The van der Waals surface area contributed by atoms with Crippen molar-refractivity contribution >= 4 is 11.5 Å². The van der Waals surface area contributed by atoms with E-state index >= 15 is 0 Å². The molecule has 0 atom stereocenters. The van der Waals surface area contributed by atoms with E-state index in [0.29, 0.717) is 18.2 Å². The predicted octanol–water partition coefficient (Wildman–Crippen LogP) is 0.717. The summed E-state index contributed by atoms with van der Waals surface area (Å²) < 4.78 is 0. The Kier molecular flexibility index (Phi) is 3.58. The number of aromatic nitrogens is 1. The van der Waals surface area contributed by atoms with E-state index in [1.165, 1.54) is 6.42 Å². The van der Waals surface area contributed by atoms with Crippen molar-refractivity contribution in [1.29, 1.82) is 5.41 Å². The largest absolute Gasteiger partial charge is 0.395 e. The molecule has 17 heavy (non-hydrogen) atoms. The fourth-order valence-electron chi connectivity index (χ4n) is 2.15. The van der Waals surface area contributed by atoms with Gasteiger partial charge in [-0.05, 0) is 25.3 Å². The van der Waals surface area contributed by atoms with Crippen molar-refractivity contribution in [1.82, 2.24) is 4.98 Å². The number of aliphatic hydroxyl groups excluding tert-OH is 1. The number of nitrogen functional groups attached to an aromatic ring is 1. The second-order valence-electron chi connectivity index (χ2n) is 4.31. The second kappa shape index (κ2) is 5.14. The number of hydrogen-bond donors (Lipinski definition) is 3. The molecule has 92 valence electrons. The average Bonchev–Trinajstić information content (AvgIpc) is 2.26. The number of nitrogens with two attached hydrogens (primary N) is 1. The Hall–Kier alpha value is -1.62. The van der Waals surface area contributed by atoms with Crippen molar-refractivity contribution in [3.8, 4) is 0 Å². The number of aliphatic hydroxyl groups is 1. The van der Waals surface area contributed by atoms with Crippen LogP contribution in [0.3, 0.4) is 0 Å². The van der Waals surface area contributed by atoms with Crippen LogP contribution in [0.15, 0.2) is 18.5 Å². The fraction of sp³-hybridized carbons (Fsp3) is 0.500. The number of rotatable bonds is 5. The number of nitrogens with one attached hydrogen (secondary N) is 1. The van der Waals surface area contributed by atoms with Crippen LogP contribution < -0.4 is 10.6 Å². The molecule has 0 saturated heterocycles. The van der Waals surface area contributed by atoms with Gasteiger partial charge in [-0.3, -0.25) is 10.4 Å². The van der Waals surface area contributed by atoms with Gasteiger partial charge in [-0.15, -0.1) is 0 Å². The Balaban J connectivity index is 2.30. The maximum Gasteiger partial charge on any atom is 0.125 e. The highest BCUT2D eigenvalue weighted by Gasteiger charge is 2.26. The molecule has 0 amide bonds. The highest BCUT2D eigenvalue weighted by molar-refractivity contribution is 6.00. The molecule has 1 aliphatic carbocycles. The van der Waals surface area contributed by atoms with Gasteiger partial charge in [0.05, 0.1) is 18.5 Å². The van der Waals surface area contributed by atoms with Crippen molar-refractivity contribution in [2.45, 2.75) is 25.3 Å². The average molecular weight is 234 g/mol. The van der Waals surface area contributed by atoms with Crippen molar-refractivity contribution in [2.75, 3.05) is 18.1 Å². The first-order valence-corrected chi connectivity index (χ1v) is 5.90. The maximum absolute atomic E-state index is 9.15. The van der Waals surface area contributed by atoms with Gasteiger partial charge in [0.1, 0.15) is 5.84 Å². The van der Waals surface area contributed by atoms with Crippen molar-refractivity contribution in [2.24, 2.45) is 5.73 Å². The lowest BCUT2D eigenvalue weighted by Crippen LogP contribution is -2.43. The Bertz CT molecular complexity index is 403. The summed E-state index contributed by atoms with van der Waals surface area (Å²) in [7, 11) is 0. The van der Waals surface area contributed by atoms with Gasteiger partial charge in [-0.25, -0.2) is 0 Å². The Morgan fingerprint density at radius 2 is 2.35 bits per heavy atom. The molecule has 0 spiro atoms. The Morgan fingerprint density at radius 3 is 2.88 bits per heavy atom. The van der Waals surface area contributed by atoms with Gasteiger partial charge in [0.15, 0.2) is 0 Å². The van der Waals surface area contributed by atoms with Crippen LogP contribution in [-0.4, -0.2) is 35.1 Å². The number of nitrogens with zero attached hydrogens (tertiary/aromatic N) is 2. The molecule has 0 aliphatic heterocycles. The van der Waals surface area contributed by atoms with Crippen molar-refractivity contribution < 1.29 is 5.11 Å². The molecule has 0 aromatic carbocycles. The summed E-state index contributed by atoms with van der Waals surface area (Å²) in [5, 5.41) is 16.7. The summed E-state index contributed by atoms with van der Waals surface area (Å²) in [5.74, 6) is 0.0460. The third kappa shape index (κ3) is 2.39. The van der Waals surface area contributed by atoms with E-state index in [2.05, 4.69) is 9.88 Å². The highest BCUT2D eigenvalue weighted by Crippen LogP contribution is 2.30. The smallest absolute Gasteiger partial charge is 0.125 e. The van der Waals surface area contributed by atoms with E-state index in [4.69, 9.17) is 16.2 Å². The predicted molar refractivity (Wildman–Crippen MR) is 67.3 cm³/mol. The molecule has 1 aromatic heterocycles. The van der Waals surface area contributed by atoms with E-state index in [1.807, 2.05) is 0 Å². The van der Waals surface area contributed by atoms with E-state index < -0.39 is 0 Å². The first-order chi connectivity index (χ1) is 8.24. The first kappa shape index (κ1) is 11.9. The molecule has 0 radical (unpaired) electrons. The maximum atomic E-state index is 9.15. The third-order valence-corrected chi connectivity index (χ3v) is 3.26. The van der Waals surface area contributed by atoms with E-state index in [9.17, 15) is 0 Å². The molecule has 0 unspecified atom stereocenters. The third-order valence-electron chi connectivity index (χ3n) is 3.26. The minimum absolute atomic E-state index is 0.0460. The van der Waals surface area contributed by atoms with Gasteiger partial charge in [-0.1, -0.05) is 0 Å². The summed E-state index contributed by atoms with van der Waals surface area (Å²) >= 11 is 0. The van der Waals surface area contributed by atoms with E-state index in [1.54, 1.807) is 18.5 Å². The molecular weight excluding hydrogens is 216 g/mol. The van der Waals surface area contributed by atoms with Gasteiger partial charge in [0, 0.05) is 24.3 Å². The molecule has 1 aliphatic rings. The standard InChI is InChI=1S/C12H18N4O/c13-12(14)10-4-5-15-8-11(10)16(6-7-17)9-2-1-3-9/h4-5,8-9,17H,1-3,6-7H2,(H3,13,14). The number of amidine groups is 1. The lowest BCUT2D eigenvalue weighted by atomic mass is 9.90. The molecular formula is C12H18N4O. The fourth-order valence-corrected chi connectivity index (χ4v) is 2.15. The summed E-state index contributed by atoms with van der Waals surface area (Å²) in [4.78, 5) is 6.21. The van der Waals surface area contributed by atoms with Crippen LogP contribution in [0.25, 0.3) is 0 Å². The van der Waals surface area contributed by atoms with E-state index in [0.717, 1.165) is 18.5 Å². The van der Waals surface area contributed by atoms with Crippen LogP contribution in [0, 0.1) is 5.41 Å². The minimum atomic E-state index is 0.0460. The van der Waals surface area contributed by atoms with Crippen LogP contribution in [0.2, 0.25) is 0 Å². The summed E-state index contributed by atoms with van der Waals surface area (Å²) in [6.07, 6.45) is 6.85. The van der Waals surface area contributed by atoms with E-state index in [-0.39, 0.29) is 12.4 Å². The molecule has 1 saturated carbocycles. The van der Waals surface area contributed by atoms with Gasteiger partial charge in [0.2, 0.25) is 0 Å². The van der Waals surface area contributed by atoms with Crippen LogP contribution in [0.1, 0.15) is 24.8 Å². The molecule has 1 aromatic rings. The van der Waals surface area contributed by atoms with Gasteiger partial charge in [0.25, 0.3) is 0 Å². The van der Waals surface area contributed by atoms with Gasteiger partial charge in [-0.2, -0.15) is 0 Å². The molecule has 2 rings (SSSR count). The number of anilines is 1. The van der Waals surface area contributed by atoms with Crippen LogP contribution in [-0.2, 0) is 0 Å². The van der Waals surface area contributed by atoms with Crippen molar-refractivity contribution in [3.63, 3.8) is 0 Å². The molecule has 0 bridgehead atoms. The zero-order valence-electron chi connectivity index (χ0n) is 9.76. The van der Waals surface area contributed by atoms with Crippen LogP contribution in [0.5, 0.6) is 0 Å².